The molecule has 1 unspecified atom stereocenters. The average molecular weight is 209 g/mol. The van der Waals surface area contributed by atoms with Crippen LogP contribution in [0.4, 0.5) is 0 Å². The summed E-state index contributed by atoms with van der Waals surface area (Å²) in [4.78, 5) is 1.07. The fourth-order valence-electron chi connectivity index (χ4n) is 1.17. The van der Waals surface area contributed by atoms with E-state index in [4.69, 9.17) is 5.73 Å². The van der Waals surface area contributed by atoms with E-state index in [1.54, 1.807) is 0 Å². The van der Waals surface area contributed by atoms with Gasteiger partial charge in [-0.1, -0.05) is 18.3 Å². The normalized spacial score (nSPS) is 12.4. The molecule has 4 heteroatoms. The summed E-state index contributed by atoms with van der Waals surface area (Å²) in [5.41, 5.74) is 7.01. The van der Waals surface area contributed by atoms with Gasteiger partial charge in [-0.25, -0.2) is 0 Å². The summed E-state index contributed by atoms with van der Waals surface area (Å²) in [6.07, 6.45) is 0.681. The maximum Gasteiger partial charge on any atom is 0.0829 e. The zero-order valence-corrected chi connectivity index (χ0v) is 9.56. The Labute approximate surface area is 88.9 Å². The van der Waals surface area contributed by atoms with Crippen LogP contribution in [-0.4, -0.2) is 9.59 Å². The second-order valence-electron chi connectivity index (χ2n) is 3.41. The summed E-state index contributed by atoms with van der Waals surface area (Å²) in [5.74, 6) is 6.20. The van der Waals surface area contributed by atoms with Gasteiger partial charge in [-0.05, 0) is 24.4 Å². The third kappa shape index (κ3) is 2.53. The van der Waals surface area contributed by atoms with Crippen molar-refractivity contribution in [1.82, 2.24) is 9.59 Å². The van der Waals surface area contributed by atoms with Gasteiger partial charge in [0.25, 0.3) is 0 Å². The smallest absolute Gasteiger partial charge is 0.0829 e. The Hall–Kier alpha value is -0.920. The van der Waals surface area contributed by atoms with Crippen molar-refractivity contribution in [2.24, 2.45) is 5.73 Å². The maximum atomic E-state index is 5.99. The van der Waals surface area contributed by atoms with Crippen LogP contribution < -0.4 is 5.73 Å². The van der Waals surface area contributed by atoms with Crippen LogP contribution in [0.2, 0.25) is 0 Å². The van der Waals surface area contributed by atoms with E-state index in [1.807, 2.05) is 6.92 Å². The van der Waals surface area contributed by atoms with E-state index in [0.717, 1.165) is 10.6 Å². The molecule has 3 nitrogen and oxygen atoms in total. The second-order valence-corrected chi connectivity index (χ2v) is 4.20. The molecule has 0 saturated carbocycles. The molecule has 2 N–H and O–H groups in total. The van der Waals surface area contributed by atoms with Crippen LogP contribution in [0.15, 0.2) is 0 Å². The topological polar surface area (TPSA) is 51.8 Å². The molecule has 0 bridgehead atoms. The summed E-state index contributed by atoms with van der Waals surface area (Å²) in [6, 6.07) is -0.0418. The van der Waals surface area contributed by atoms with Crippen LogP contribution in [0.25, 0.3) is 0 Å². The van der Waals surface area contributed by atoms with Crippen molar-refractivity contribution < 1.29 is 0 Å². The number of aromatic nitrogens is 2. The summed E-state index contributed by atoms with van der Waals surface area (Å²) in [5, 5.41) is 4.09. The molecule has 0 amide bonds. The number of nitrogens with two attached hydrogens (primary N) is 1. The highest BCUT2D eigenvalue weighted by Gasteiger charge is 2.16. The van der Waals surface area contributed by atoms with Gasteiger partial charge in [0.15, 0.2) is 0 Å². The molecule has 0 aromatic carbocycles. The number of hydrogen-bond acceptors (Lipinski definition) is 4. The molecule has 0 aliphatic heterocycles. The predicted octanol–water partition coefficient (Wildman–Crippen LogP) is 2.07. The molecule has 0 fully saturated rings. The number of hydrogen-bond donors (Lipinski definition) is 1. The van der Waals surface area contributed by atoms with E-state index >= 15 is 0 Å². The third-order valence-electron chi connectivity index (χ3n) is 1.92. The molecular formula is C10H15N3S. The molecule has 0 saturated heterocycles. The second kappa shape index (κ2) is 5.08. The molecule has 1 atom stereocenters. The molecule has 1 aromatic rings. The average Bonchev–Trinajstić information content (AvgIpc) is 2.62. The SMILES string of the molecule is CC#CCC(N)c1snnc1C(C)C. The zero-order valence-electron chi connectivity index (χ0n) is 8.74. The van der Waals surface area contributed by atoms with E-state index in [2.05, 4.69) is 35.3 Å². The quantitative estimate of drug-likeness (QED) is 0.775. The van der Waals surface area contributed by atoms with Gasteiger partial charge in [0, 0.05) is 6.42 Å². The van der Waals surface area contributed by atoms with Crippen molar-refractivity contribution in [3.05, 3.63) is 10.6 Å². The van der Waals surface area contributed by atoms with Crippen molar-refractivity contribution in [3.63, 3.8) is 0 Å². The standard InChI is InChI=1S/C10H15N3S/c1-4-5-6-8(11)10-9(7(2)3)12-13-14-10/h7-8H,6,11H2,1-3H3. The first kappa shape index (κ1) is 11.2. The molecule has 0 aliphatic rings. The lowest BCUT2D eigenvalue weighted by Gasteiger charge is -2.08. The van der Waals surface area contributed by atoms with Gasteiger partial charge in [-0.2, -0.15) is 0 Å². The molecule has 0 spiro atoms. The molecule has 14 heavy (non-hydrogen) atoms. The Morgan fingerprint density at radius 2 is 2.21 bits per heavy atom. The number of rotatable bonds is 3. The van der Waals surface area contributed by atoms with Crippen molar-refractivity contribution >= 4 is 11.5 Å². The monoisotopic (exact) mass is 209 g/mol. The lowest BCUT2D eigenvalue weighted by atomic mass is 10.1. The van der Waals surface area contributed by atoms with Gasteiger partial charge in [0.2, 0.25) is 0 Å². The Balaban J connectivity index is 2.81. The van der Waals surface area contributed by atoms with Gasteiger partial charge in [-0.3, -0.25) is 0 Å². The van der Waals surface area contributed by atoms with E-state index in [0.29, 0.717) is 12.3 Å². The van der Waals surface area contributed by atoms with Crippen LogP contribution in [0.3, 0.4) is 0 Å². The fourth-order valence-corrected chi connectivity index (χ4v) is 1.97. The van der Waals surface area contributed by atoms with Crippen molar-refractivity contribution in [1.29, 1.82) is 0 Å². The van der Waals surface area contributed by atoms with Crippen LogP contribution in [-0.2, 0) is 0 Å². The van der Waals surface area contributed by atoms with Crippen LogP contribution in [0, 0.1) is 11.8 Å². The largest absolute Gasteiger partial charge is 0.322 e. The van der Waals surface area contributed by atoms with Crippen LogP contribution >= 0.6 is 11.5 Å². The lowest BCUT2D eigenvalue weighted by molar-refractivity contribution is 0.722. The summed E-state index contributed by atoms with van der Waals surface area (Å²) < 4.78 is 3.94. The first-order valence-electron chi connectivity index (χ1n) is 4.64. The Morgan fingerprint density at radius 3 is 2.79 bits per heavy atom. The highest BCUT2D eigenvalue weighted by molar-refractivity contribution is 7.05. The van der Waals surface area contributed by atoms with Gasteiger partial charge in [0.05, 0.1) is 16.6 Å². The fraction of sp³-hybridized carbons (Fsp3) is 0.600. The lowest BCUT2D eigenvalue weighted by Crippen LogP contribution is -2.10. The Bertz CT molecular complexity index is 346. The van der Waals surface area contributed by atoms with Gasteiger partial charge in [0.1, 0.15) is 0 Å². The zero-order chi connectivity index (χ0) is 10.6. The summed E-state index contributed by atoms with van der Waals surface area (Å²) in [7, 11) is 0. The molecule has 0 radical (unpaired) electrons. The minimum atomic E-state index is -0.0418. The molecule has 76 valence electrons. The predicted molar refractivity (Wildman–Crippen MR) is 59.0 cm³/mol. The highest BCUT2D eigenvalue weighted by atomic mass is 32.1. The van der Waals surface area contributed by atoms with Gasteiger partial charge < -0.3 is 5.73 Å². The first-order valence-corrected chi connectivity index (χ1v) is 5.41. The van der Waals surface area contributed by atoms with Crippen LogP contribution in [0.1, 0.15) is 49.7 Å². The summed E-state index contributed by atoms with van der Waals surface area (Å²) >= 11 is 1.38. The van der Waals surface area contributed by atoms with Crippen molar-refractivity contribution in [3.8, 4) is 11.8 Å². The highest BCUT2D eigenvalue weighted by Crippen LogP contribution is 2.26. The van der Waals surface area contributed by atoms with E-state index in [1.165, 1.54) is 11.5 Å². The molecule has 1 aromatic heterocycles. The van der Waals surface area contributed by atoms with E-state index in [9.17, 15) is 0 Å². The number of nitrogens with zero attached hydrogens (tertiary/aromatic N) is 2. The van der Waals surface area contributed by atoms with Gasteiger partial charge >= 0.3 is 0 Å². The van der Waals surface area contributed by atoms with Crippen LogP contribution in [0.5, 0.6) is 0 Å². The Morgan fingerprint density at radius 1 is 1.50 bits per heavy atom. The Kier molecular flexibility index (Phi) is 4.05. The molecule has 0 aliphatic carbocycles. The van der Waals surface area contributed by atoms with E-state index in [-0.39, 0.29) is 6.04 Å². The van der Waals surface area contributed by atoms with E-state index < -0.39 is 0 Å². The summed E-state index contributed by atoms with van der Waals surface area (Å²) in [6.45, 7) is 6.01. The molecular weight excluding hydrogens is 194 g/mol. The minimum Gasteiger partial charge on any atom is -0.322 e. The maximum absolute atomic E-state index is 5.99. The first-order chi connectivity index (χ1) is 6.66. The molecule has 1 heterocycles. The van der Waals surface area contributed by atoms with Crippen molar-refractivity contribution in [2.75, 3.05) is 0 Å². The van der Waals surface area contributed by atoms with Crippen molar-refractivity contribution in [2.45, 2.75) is 39.2 Å². The minimum absolute atomic E-state index is 0.0418. The molecule has 1 rings (SSSR count). The third-order valence-corrected chi connectivity index (χ3v) is 2.79. The van der Waals surface area contributed by atoms with Gasteiger partial charge in [-0.15, -0.1) is 16.9 Å².